The van der Waals surface area contributed by atoms with Crippen LogP contribution in [0.5, 0.6) is 0 Å². The molecule has 8 heteroatoms. The van der Waals surface area contributed by atoms with Crippen molar-refractivity contribution in [2.24, 2.45) is 0 Å². The van der Waals surface area contributed by atoms with E-state index in [1.165, 1.54) is 0 Å². The number of carbonyl (C=O) groups excluding carboxylic acids is 3. The second-order valence-electron chi connectivity index (χ2n) is 8.01. The maximum absolute atomic E-state index is 12.0. The van der Waals surface area contributed by atoms with Crippen molar-refractivity contribution in [3.8, 4) is 0 Å². The normalized spacial score (nSPS) is 13.1. The summed E-state index contributed by atoms with van der Waals surface area (Å²) in [5.41, 5.74) is 0. The summed E-state index contributed by atoms with van der Waals surface area (Å²) in [6.45, 7) is 1.97. The van der Waals surface area contributed by atoms with E-state index in [2.05, 4.69) is 83.1 Å². The Hall–Kier alpha value is -3.94. The molecule has 0 aromatic heterocycles. The summed E-state index contributed by atoms with van der Waals surface area (Å²) >= 11 is 0. The molecule has 0 rings (SSSR count). The zero-order valence-corrected chi connectivity index (χ0v) is 22.5. The molecule has 0 bridgehead atoms. The highest BCUT2D eigenvalue weighted by molar-refractivity contribution is 5.96. The van der Waals surface area contributed by atoms with Crippen LogP contribution in [0.3, 0.4) is 0 Å². The number of rotatable bonds is 20. The SMILES string of the molecule is CCC=CCC=CCC=CCC=CCC=CCC=CCCC(=O)NCC(NC(=O)C=CC(=O)O)C(=O)OC. The minimum absolute atomic E-state index is 0.165. The van der Waals surface area contributed by atoms with Gasteiger partial charge in [-0.25, -0.2) is 9.59 Å². The quantitative estimate of drug-likeness (QED) is 0.118. The van der Waals surface area contributed by atoms with Crippen LogP contribution >= 0.6 is 0 Å². The highest BCUT2D eigenvalue weighted by atomic mass is 16.5. The molecule has 0 saturated heterocycles. The second-order valence-corrected chi connectivity index (χ2v) is 8.01. The van der Waals surface area contributed by atoms with E-state index in [0.717, 1.165) is 51.7 Å². The fourth-order valence-electron chi connectivity index (χ4n) is 2.86. The summed E-state index contributed by atoms with van der Waals surface area (Å²) in [5, 5.41) is 13.4. The van der Waals surface area contributed by atoms with Crippen molar-refractivity contribution in [2.45, 2.75) is 64.3 Å². The average Bonchev–Trinajstić information content (AvgIpc) is 2.90. The minimum atomic E-state index is -1.29. The number of amides is 2. The van der Waals surface area contributed by atoms with Gasteiger partial charge in [-0.3, -0.25) is 9.59 Å². The van der Waals surface area contributed by atoms with Gasteiger partial charge in [0.25, 0.3) is 0 Å². The van der Waals surface area contributed by atoms with Crippen LogP contribution in [-0.4, -0.2) is 48.6 Å². The third-order valence-electron chi connectivity index (χ3n) is 4.82. The number of carboxylic acid groups (broad SMARTS) is 1. The summed E-state index contributed by atoms with van der Waals surface area (Å²) < 4.78 is 4.60. The third kappa shape index (κ3) is 22.5. The molecular weight excluding hydrogens is 484 g/mol. The van der Waals surface area contributed by atoms with Crippen LogP contribution in [0.2, 0.25) is 0 Å². The Morgan fingerprint density at radius 2 is 1.21 bits per heavy atom. The molecule has 3 N–H and O–H groups in total. The lowest BCUT2D eigenvalue weighted by molar-refractivity contribution is -0.144. The van der Waals surface area contributed by atoms with Crippen LogP contribution in [0.15, 0.2) is 85.1 Å². The molecule has 2 amide bonds. The number of methoxy groups -OCH3 is 1. The Balaban J connectivity index is 4.03. The zero-order chi connectivity index (χ0) is 28.3. The summed E-state index contributed by atoms with van der Waals surface area (Å²) in [6, 6.07) is -1.12. The summed E-state index contributed by atoms with van der Waals surface area (Å²) in [4.78, 5) is 45.9. The van der Waals surface area contributed by atoms with Gasteiger partial charge in [0.15, 0.2) is 0 Å². The van der Waals surface area contributed by atoms with Crippen LogP contribution in [0.25, 0.3) is 0 Å². The van der Waals surface area contributed by atoms with Gasteiger partial charge in [0.05, 0.1) is 7.11 Å². The number of aliphatic carboxylic acids is 1. The van der Waals surface area contributed by atoms with E-state index < -0.39 is 23.9 Å². The van der Waals surface area contributed by atoms with Crippen molar-refractivity contribution in [2.75, 3.05) is 13.7 Å². The number of ether oxygens (including phenoxy) is 1. The van der Waals surface area contributed by atoms with Gasteiger partial charge in [0.2, 0.25) is 11.8 Å². The van der Waals surface area contributed by atoms with Gasteiger partial charge in [0, 0.05) is 25.1 Å². The minimum Gasteiger partial charge on any atom is -0.478 e. The molecular formula is C30H42N2O6. The van der Waals surface area contributed by atoms with Gasteiger partial charge in [0.1, 0.15) is 6.04 Å². The number of allylic oxidation sites excluding steroid dienone is 12. The van der Waals surface area contributed by atoms with E-state index in [0.29, 0.717) is 12.5 Å². The van der Waals surface area contributed by atoms with E-state index in [9.17, 15) is 19.2 Å². The molecule has 0 heterocycles. The number of hydrogen-bond donors (Lipinski definition) is 3. The van der Waals surface area contributed by atoms with Crippen molar-refractivity contribution in [3.05, 3.63) is 85.1 Å². The van der Waals surface area contributed by atoms with Crippen molar-refractivity contribution in [3.63, 3.8) is 0 Å². The molecule has 0 aliphatic rings. The summed E-state index contributed by atoms with van der Waals surface area (Å²) in [7, 11) is 1.15. The third-order valence-corrected chi connectivity index (χ3v) is 4.82. The number of carboxylic acids is 1. The van der Waals surface area contributed by atoms with Crippen LogP contribution < -0.4 is 10.6 Å². The second kappa shape index (κ2) is 24.7. The number of carbonyl (C=O) groups is 4. The molecule has 0 spiro atoms. The molecule has 0 aliphatic carbocycles. The predicted octanol–water partition coefficient (Wildman–Crippen LogP) is 4.88. The molecule has 208 valence electrons. The van der Waals surface area contributed by atoms with Gasteiger partial charge in [-0.2, -0.15) is 0 Å². The van der Waals surface area contributed by atoms with Crippen LogP contribution in [-0.2, 0) is 23.9 Å². The maximum atomic E-state index is 12.0. The Bertz CT molecular complexity index is 910. The van der Waals surface area contributed by atoms with Crippen LogP contribution in [0.1, 0.15) is 58.3 Å². The molecule has 1 unspecified atom stereocenters. The summed E-state index contributed by atoms with van der Waals surface area (Å²) in [5.74, 6) is -3.11. The average molecular weight is 527 g/mol. The first-order valence-electron chi connectivity index (χ1n) is 12.9. The van der Waals surface area contributed by atoms with Crippen LogP contribution in [0.4, 0.5) is 0 Å². The molecule has 0 saturated carbocycles. The largest absolute Gasteiger partial charge is 0.478 e. The highest BCUT2D eigenvalue weighted by Crippen LogP contribution is 1.98. The Labute approximate surface area is 226 Å². The summed E-state index contributed by atoms with van der Waals surface area (Å²) in [6.07, 6.45) is 33.2. The number of nitrogens with one attached hydrogen (secondary N) is 2. The fourth-order valence-corrected chi connectivity index (χ4v) is 2.86. The molecule has 0 aliphatic heterocycles. The number of esters is 1. The number of hydrogen-bond acceptors (Lipinski definition) is 5. The molecule has 8 nitrogen and oxygen atoms in total. The van der Waals surface area contributed by atoms with Crippen molar-refractivity contribution in [1.82, 2.24) is 10.6 Å². The van der Waals surface area contributed by atoms with Gasteiger partial charge < -0.3 is 20.5 Å². The van der Waals surface area contributed by atoms with Crippen LogP contribution in [0, 0.1) is 0 Å². The van der Waals surface area contributed by atoms with E-state index in [1.54, 1.807) is 0 Å². The molecule has 38 heavy (non-hydrogen) atoms. The Kier molecular flexibility index (Phi) is 22.2. The maximum Gasteiger partial charge on any atom is 0.330 e. The standard InChI is InChI=1S/C30H42N2O6/c1-3-4-5-6-7-8-9-10-11-12-13-14-15-16-17-18-19-20-21-22-27(33)31-25-26(30(37)38-2)32-28(34)23-24-29(35)36/h4-5,7-8,10-11,13-14,16-17,19-20,23-24,26H,3,6,9,12,15,18,21-22,25H2,1-2H3,(H,31,33)(H,32,34)(H,35,36). The highest BCUT2D eigenvalue weighted by Gasteiger charge is 2.21. The van der Waals surface area contributed by atoms with Gasteiger partial charge in [-0.1, -0.05) is 79.8 Å². The van der Waals surface area contributed by atoms with Gasteiger partial charge in [-0.05, 0) is 44.9 Å². The molecule has 0 aromatic rings. The van der Waals surface area contributed by atoms with E-state index in [4.69, 9.17) is 5.11 Å². The van der Waals surface area contributed by atoms with Crippen molar-refractivity contribution in [1.29, 1.82) is 0 Å². The molecule has 0 fully saturated rings. The fraction of sp³-hybridized carbons (Fsp3) is 0.400. The first-order chi connectivity index (χ1) is 18.4. The topological polar surface area (TPSA) is 122 Å². The monoisotopic (exact) mass is 526 g/mol. The van der Waals surface area contributed by atoms with E-state index in [-0.39, 0.29) is 18.9 Å². The predicted molar refractivity (Wildman–Crippen MR) is 151 cm³/mol. The zero-order valence-electron chi connectivity index (χ0n) is 22.5. The van der Waals surface area contributed by atoms with E-state index >= 15 is 0 Å². The molecule has 0 aromatic carbocycles. The van der Waals surface area contributed by atoms with Crippen molar-refractivity contribution < 1.29 is 29.0 Å². The Morgan fingerprint density at radius 1 is 0.737 bits per heavy atom. The van der Waals surface area contributed by atoms with E-state index in [1.807, 2.05) is 12.2 Å². The van der Waals surface area contributed by atoms with Crippen molar-refractivity contribution >= 4 is 23.8 Å². The van der Waals surface area contributed by atoms with Gasteiger partial charge >= 0.3 is 11.9 Å². The molecule has 0 radical (unpaired) electrons. The Morgan fingerprint density at radius 3 is 1.66 bits per heavy atom. The lowest BCUT2D eigenvalue weighted by Crippen LogP contribution is -2.48. The van der Waals surface area contributed by atoms with Gasteiger partial charge in [-0.15, -0.1) is 0 Å². The first-order valence-corrected chi connectivity index (χ1v) is 12.9. The smallest absolute Gasteiger partial charge is 0.330 e. The molecule has 1 atom stereocenters. The lowest BCUT2D eigenvalue weighted by Gasteiger charge is -2.16. The lowest BCUT2D eigenvalue weighted by atomic mass is 10.2. The first kappa shape index (κ1) is 34.1.